The number of nitrogens with zero attached hydrogens (tertiary/aromatic N) is 3. The average Bonchev–Trinajstić information content (AvgIpc) is 3.01. The van der Waals surface area contributed by atoms with Crippen molar-refractivity contribution in [2.45, 2.75) is 59.8 Å². The van der Waals surface area contributed by atoms with Crippen molar-refractivity contribution in [2.75, 3.05) is 4.90 Å². The van der Waals surface area contributed by atoms with E-state index in [0.29, 0.717) is 11.4 Å². The van der Waals surface area contributed by atoms with Crippen molar-refractivity contribution >= 4 is 28.1 Å². The Kier molecular flexibility index (Phi) is 6.77. The summed E-state index contributed by atoms with van der Waals surface area (Å²) in [7, 11) is 0. The zero-order valence-corrected chi connectivity index (χ0v) is 27.1. The molecule has 0 spiro atoms. The van der Waals surface area contributed by atoms with Gasteiger partial charge in [0, 0.05) is 22.6 Å². The largest absolute Gasteiger partial charge is 0.506 e. The molecule has 0 aliphatic carbocycles. The first-order valence-electron chi connectivity index (χ1n) is 15.8. The van der Waals surface area contributed by atoms with Crippen molar-refractivity contribution in [3.63, 3.8) is 0 Å². The smallest absolute Gasteiger partial charge is 0.141 e. The third-order valence-electron chi connectivity index (χ3n) is 9.46. The van der Waals surface area contributed by atoms with E-state index in [4.69, 9.17) is 9.97 Å². The lowest BCUT2D eigenvalue weighted by atomic mass is 9.72. The summed E-state index contributed by atoms with van der Waals surface area (Å²) in [5.41, 5.74) is 14.4. The molecule has 2 aromatic heterocycles. The molecular formula is C41H39N3O. The normalized spacial score (nSPS) is 13.6. The number of aromatic hydroxyl groups is 1. The lowest BCUT2D eigenvalue weighted by Crippen LogP contribution is -2.31. The predicted octanol–water partition coefficient (Wildman–Crippen LogP) is 10.8. The average molecular weight is 590 g/mol. The number of hydrogen-bond acceptors (Lipinski definition) is 4. The zero-order valence-electron chi connectivity index (χ0n) is 27.1. The minimum absolute atomic E-state index is 0.202. The molecule has 4 aromatic carbocycles. The number of pyridine rings is 2. The first-order valence-corrected chi connectivity index (χ1v) is 15.8. The molecular weight excluding hydrogens is 550 g/mol. The van der Waals surface area contributed by atoms with Gasteiger partial charge in [0.15, 0.2) is 0 Å². The summed E-state index contributed by atoms with van der Waals surface area (Å²) in [5.74, 6) is 1.40. The van der Waals surface area contributed by atoms with Gasteiger partial charge in [-0.2, -0.15) is 0 Å². The second kappa shape index (κ2) is 10.6. The summed E-state index contributed by atoms with van der Waals surface area (Å²) in [5, 5.41) is 11.8. The van der Waals surface area contributed by atoms with Crippen molar-refractivity contribution in [3.8, 4) is 28.1 Å². The van der Waals surface area contributed by atoms with Gasteiger partial charge in [0.2, 0.25) is 0 Å². The number of hydrogen-bond donors (Lipinski definition) is 1. The number of benzene rings is 4. The van der Waals surface area contributed by atoms with Crippen LogP contribution < -0.4 is 4.90 Å². The molecule has 45 heavy (non-hydrogen) atoms. The van der Waals surface area contributed by atoms with Crippen molar-refractivity contribution in [1.82, 2.24) is 9.97 Å². The van der Waals surface area contributed by atoms with Gasteiger partial charge in [0.25, 0.3) is 0 Å². The maximum absolute atomic E-state index is 10.8. The van der Waals surface area contributed by atoms with Gasteiger partial charge in [-0.3, -0.25) is 4.90 Å². The number of fused-ring (bicyclic) bond motifs is 3. The lowest BCUT2D eigenvalue weighted by molar-refractivity contribution is 0.480. The molecule has 0 fully saturated rings. The fraction of sp³-hybridized carbons (Fsp3) is 0.220. The van der Waals surface area contributed by atoms with E-state index in [-0.39, 0.29) is 11.2 Å². The molecule has 224 valence electrons. The Morgan fingerprint density at radius 1 is 0.733 bits per heavy atom. The molecule has 0 saturated carbocycles. The summed E-state index contributed by atoms with van der Waals surface area (Å²) in [4.78, 5) is 12.2. The topological polar surface area (TPSA) is 49.2 Å². The Bertz CT molecular complexity index is 2090. The molecule has 0 saturated heterocycles. The van der Waals surface area contributed by atoms with Crippen LogP contribution in [0.15, 0.2) is 97.2 Å². The highest BCUT2D eigenvalue weighted by atomic mass is 16.3. The fourth-order valence-corrected chi connectivity index (χ4v) is 7.34. The second-order valence-electron chi connectivity index (χ2n) is 13.3. The number of phenolic OH excluding ortho intramolecular Hbond substituents is 1. The third kappa shape index (κ3) is 4.67. The molecule has 0 radical (unpaired) electrons. The first kappa shape index (κ1) is 28.8. The minimum atomic E-state index is -0.244. The van der Waals surface area contributed by atoms with Crippen LogP contribution >= 0.6 is 0 Å². The molecule has 1 aliphatic heterocycles. The summed E-state index contributed by atoms with van der Waals surface area (Å²) in [6.07, 6.45) is 1.86. The quantitative estimate of drug-likeness (QED) is 0.222. The Morgan fingerprint density at radius 3 is 2.04 bits per heavy atom. The van der Waals surface area contributed by atoms with Gasteiger partial charge in [-0.15, -0.1) is 0 Å². The predicted molar refractivity (Wildman–Crippen MR) is 187 cm³/mol. The number of anilines is 3. The molecule has 6 aromatic rings. The highest BCUT2D eigenvalue weighted by Gasteiger charge is 2.38. The van der Waals surface area contributed by atoms with E-state index >= 15 is 0 Å². The molecule has 0 bridgehead atoms. The molecule has 1 N–H and O–H groups in total. The summed E-state index contributed by atoms with van der Waals surface area (Å²) in [6.45, 7) is 15.5. The van der Waals surface area contributed by atoms with Gasteiger partial charge in [-0.05, 0) is 102 Å². The van der Waals surface area contributed by atoms with E-state index in [1.54, 1.807) is 6.07 Å². The van der Waals surface area contributed by atoms with E-state index in [1.165, 1.54) is 44.5 Å². The maximum atomic E-state index is 10.8. The van der Waals surface area contributed by atoms with Crippen molar-refractivity contribution in [3.05, 3.63) is 131 Å². The maximum Gasteiger partial charge on any atom is 0.141 e. The molecule has 3 heterocycles. The number of aromatic nitrogens is 2. The van der Waals surface area contributed by atoms with Crippen LogP contribution in [0.4, 0.5) is 17.2 Å². The van der Waals surface area contributed by atoms with Crippen molar-refractivity contribution in [1.29, 1.82) is 0 Å². The second-order valence-corrected chi connectivity index (χ2v) is 13.3. The molecule has 4 nitrogen and oxygen atoms in total. The standard InChI is InChI=1S/C41H39N3O/c1-24(2)30-14-18-37(45)40-31(30)13-17-34(43-40)28-11-15-32-35(22-28)44(38-10-8-9-19-42-38)36-23-29(12-16-33(36)41(32,6)7)39-26(4)20-25(3)21-27(39)5/h8-24,45H,1-7H3. The van der Waals surface area contributed by atoms with Crippen LogP contribution in [0.25, 0.3) is 33.3 Å². The van der Waals surface area contributed by atoms with Gasteiger partial charge < -0.3 is 5.11 Å². The third-order valence-corrected chi connectivity index (χ3v) is 9.46. The fourth-order valence-electron chi connectivity index (χ4n) is 7.34. The van der Waals surface area contributed by atoms with E-state index in [2.05, 4.69) is 120 Å². The highest BCUT2D eigenvalue weighted by molar-refractivity contribution is 5.92. The summed E-state index contributed by atoms with van der Waals surface area (Å²) < 4.78 is 0. The molecule has 1 aliphatic rings. The Morgan fingerprint density at radius 2 is 1.40 bits per heavy atom. The monoisotopic (exact) mass is 589 g/mol. The van der Waals surface area contributed by atoms with Crippen molar-refractivity contribution < 1.29 is 5.11 Å². The molecule has 7 rings (SSSR count). The number of rotatable bonds is 4. The SMILES string of the molecule is Cc1cc(C)c(-c2ccc3c(c2)N(c2ccccn2)c2cc(-c4ccc5c(C(C)C)ccc(O)c5n4)ccc2C3(C)C)c(C)c1. The van der Waals surface area contributed by atoms with Crippen LogP contribution in [0, 0.1) is 20.8 Å². The van der Waals surface area contributed by atoms with Gasteiger partial charge in [-0.25, -0.2) is 9.97 Å². The van der Waals surface area contributed by atoms with Crippen LogP contribution in [0.5, 0.6) is 5.75 Å². The summed E-state index contributed by atoms with van der Waals surface area (Å²) >= 11 is 0. The Hall–Kier alpha value is -4.96. The zero-order chi connectivity index (χ0) is 31.6. The highest BCUT2D eigenvalue weighted by Crippen LogP contribution is 2.53. The van der Waals surface area contributed by atoms with E-state index in [0.717, 1.165) is 33.8 Å². The van der Waals surface area contributed by atoms with Crippen LogP contribution in [-0.4, -0.2) is 15.1 Å². The molecule has 0 unspecified atom stereocenters. The summed E-state index contributed by atoms with van der Waals surface area (Å²) in [6, 6.07) is 32.1. The lowest BCUT2D eigenvalue weighted by Gasteiger charge is -2.42. The van der Waals surface area contributed by atoms with Gasteiger partial charge in [-0.1, -0.05) is 87.9 Å². The minimum Gasteiger partial charge on any atom is -0.506 e. The van der Waals surface area contributed by atoms with Gasteiger partial charge in [0.05, 0.1) is 17.1 Å². The van der Waals surface area contributed by atoms with Crippen molar-refractivity contribution in [2.24, 2.45) is 0 Å². The molecule has 0 amide bonds. The molecule has 4 heteroatoms. The Balaban J connectivity index is 1.45. The Labute approximate surface area is 266 Å². The van der Waals surface area contributed by atoms with Crippen LogP contribution in [-0.2, 0) is 5.41 Å². The van der Waals surface area contributed by atoms with Gasteiger partial charge in [0.1, 0.15) is 17.1 Å². The number of phenols is 1. The van der Waals surface area contributed by atoms with E-state index in [1.807, 2.05) is 24.4 Å². The molecule has 0 atom stereocenters. The van der Waals surface area contributed by atoms with Gasteiger partial charge >= 0.3 is 0 Å². The van der Waals surface area contributed by atoms with E-state index in [9.17, 15) is 5.11 Å². The number of aryl methyl sites for hydroxylation is 3. The van der Waals surface area contributed by atoms with Crippen LogP contribution in [0.2, 0.25) is 0 Å². The van der Waals surface area contributed by atoms with E-state index < -0.39 is 0 Å². The van der Waals surface area contributed by atoms with Crippen LogP contribution in [0.1, 0.15) is 67.0 Å². The first-order chi connectivity index (χ1) is 21.5. The van der Waals surface area contributed by atoms with Crippen LogP contribution in [0.3, 0.4) is 0 Å².